The molecule has 3 heterocycles. The van der Waals surface area contributed by atoms with Crippen molar-refractivity contribution in [3.05, 3.63) is 18.2 Å². The molecule has 132 valence electrons. The highest BCUT2D eigenvalue weighted by Crippen LogP contribution is 2.39. The molecule has 0 unspecified atom stereocenters. The number of aromatic nitrogens is 2. The molecule has 1 aromatic heterocycles. The maximum Gasteiger partial charge on any atom is 0.319 e. The number of hydrogen-bond donors (Lipinski definition) is 1. The van der Waals surface area contributed by atoms with Crippen LogP contribution >= 0.6 is 0 Å². The summed E-state index contributed by atoms with van der Waals surface area (Å²) < 4.78 is 0. The van der Waals surface area contributed by atoms with Crippen LogP contribution in [0.2, 0.25) is 0 Å². The highest BCUT2D eigenvalue weighted by Gasteiger charge is 2.42. The number of hydrogen-bond acceptors (Lipinski definition) is 3. The second-order valence-corrected chi connectivity index (χ2v) is 7.34. The lowest BCUT2D eigenvalue weighted by Crippen LogP contribution is -2.56. The Bertz CT molecular complexity index is 586. The number of nitrogens with one attached hydrogen (secondary N) is 1. The van der Waals surface area contributed by atoms with Crippen molar-refractivity contribution < 1.29 is 9.59 Å². The quantitative estimate of drug-likeness (QED) is 0.907. The Hall–Kier alpha value is -2.05. The van der Waals surface area contributed by atoms with Crippen molar-refractivity contribution in [2.45, 2.75) is 32.1 Å². The van der Waals surface area contributed by atoms with E-state index in [-0.39, 0.29) is 17.4 Å². The minimum Gasteiger partial charge on any atom is -0.348 e. The van der Waals surface area contributed by atoms with Gasteiger partial charge in [0, 0.05) is 70.4 Å². The first-order valence-corrected chi connectivity index (χ1v) is 8.70. The number of likely N-dealkylation sites (tertiary alicyclic amines) is 2. The molecule has 0 saturated carbocycles. The molecule has 0 bridgehead atoms. The van der Waals surface area contributed by atoms with Crippen molar-refractivity contribution in [3.63, 3.8) is 0 Å². The van der Waals surface area contributed by atoms with Crippen molar-refractivity contribution in [1.29, 1.82) is 0 Å². The molecule has 3 rings (SSSR count). The molecule has 1 aromatic rings. The molecule has 2 fully saturated rings. The van der Waals surface area contributed by atoms with Crippen molar-refractivity contribution >= 4 is 11.9 Å². The van der Waals surface area contributed by atoms with Crippen molar-refractivity contribution in [2.24, 2.45) is 5.41 Å². The number of urea groups is 1. The van der Waals surface area contributed by atoms with Gasteiger partial charge in [-0.15, -0.1) is 0 Å². The van der Waals surface area contributed by atoms with Crippen LogP contribution in [0.4, 0.5) is 4.79 Å². The summed E-state index contributed by atoms with van der Waals surface area (Å²) in [4.78, 5) is 37.3. The maximum atomic E-state index is 12.3. The molecule has 3 amide bonds. The highest BCUT2D eigenvalue weighted by atomic mass is 16.2. The topological polar surface area (TPSA) is 72.5 Å². The van der Waals surface area contributed by atoms with Crippen molar-refractivity contribution in [1.82, 2.24) is 24.7 Å². The zero-order valence-corrected chi connectivity index (χ0v) is 14.6. The number of aromatic amines is 1. The van der Waals surface area contributed by atoms with Gasteiger partial charge >= 0.3 is 6.03 Å². The van der Waals surface area contributed by atoms with Gasteiger partial charge in [0.1, 0.15) is 0 Å². The summed E-state index contributed by atoms with van der Waals surface area (Å²) in [5.41, 5.74) is 1.11. The molecular weight excluding hydrogens is 306 g/mol. The molecule has 0 aromatic carbocycles. The Morgan fingerprint density at radius 1 is 1.38 bits per heavy atom. The number of amides is 3. The van der Waals surface area contributed by atoms with Gasteiger partial charge in [-0.1, -0.05) is 0 Å². The molecular formula is C17H27N5O2. The van der Waals surface area contributed by atoms with Gasteiger partial charge in [0.15, 0.2) is 0 Å². The van der Waals surface area contributed by atoms with Crippen LogP contribution in [0.15, 0.2) is 12.5 Å². The Balaban J connectivity index is 1.64. The number of H-pyrrole nitrogens is 1. The zero-order chi connectivity index (χ0) is 17.2. The molecule has 7 heteroatoms. The Morgan fingerprint density at radius 2 is 2.21 bits per heavy atom. The van der Waals surface area contributed by atoms with Gasteiger partial charge < -0.3 is 19.7 Å². The van der Waals surface area contributed by atoms with E-state index >= 15 is 0 Å². The predicted molar refractivity (Wildman–Crippen MR) is 90.4 cm³/mol. The van der Waals surface area contributed by atoms with Crippen LogP contribution in [0.3, 0.4) is 0 Å². The van der Waals surface area contributed by atoms with E-state index < -0.39 is 0 Å². The summed E-state index contributed by atoms with van der Waals surface area (Å²) in [5.74, 6) is 0.233. The average molecular weight is 333 g/mol. The van der Waals surface area contributed by atoms with Crippen LogP contribution < -0.4 is 0 Å². The summed E-state index contributed by atoms with van der Waals surface area (Å²) in [5, 5.41) is 0. The summed E-state index contributed by atoms with van der Waals surface area (Å²) in [6, 6.07) is 0.0787. The molecule has 1 atom stereocenters. The van der Waals surface area contributed by atoms with Crippen LogP contribution in [-0.2, 0) is 11.2 Å². The predicted octanol–water partition coefficient (Wildman–Crippen LogP) is 1.34. The smallest absolute Gasteiger partial charge is 0.319 e. The average Bonchev–Trinajstić information content (AvgIpc) is 3.09. The van der Waals surface area contributed by atoms with Crippen LogP contribution in [0.1, 0.15) is 31.4 Å². The molecule has 1 spiro atoms. The van der Waals surface area contributed by atoms with Gasteiger partial charge in [0.25, 0.3) is 0 Å². The SMILES string of the molecule is CN(C)C(=O)N1CCC[C@@]2(CCC(=O)N(CCc3cnc[nH]3)C2)C1. The fourth-order valence-electron chi connectivity index (χ4n) is 3.97. The first kappa shape index (κ1) is 16.8. The first-order valence-electron chi connectivity index (χ1n) is 8.70. The van der Waals surface area contributed by atoms with Gasteiger partial charge in [0.2, 0.25) is 5.91 Å². The lowest BCUT2D eigenvalue weighted by atomic mass is 9.73. The van der Waals surface area contributed by atoms with Crippen LogP contribution in [0.25, 0.3) is 0 Å². The number of imidazole rings is 1. The monoisotopic (exact) mass is 333 g/mol. The summed E-state index contributed by atoms with van der Waals surface area (Å²) in [6.07, 6.45) is 7.86. The summed E-state index contributed by atoms with van der Waals surface area (Å²) >= 11 is 0. The third-order valence-electron chi connectivity index (χ3n) is 5.27. The number of carbonyl (C=O) groups excluding carboxylic acids is 2. The largest absolute Gasteiger partial charge is 0.348 e. The van der Waals surface area contributed by atoms with Crippen molar-refractivity contribution in [2.75, 3.05) is 40.3 Å². The van der Waals surface area contributed by atoms with Crippen LogP contribution in [-0.4, -0.2) is 76.9 Å². The lowest BCUT2D eigenvalue weighted by Gasteiger charge is -2.48. The second kappa shape index (κ2) is 6.83. The standard InChI is InChI=1S/C17H27N5O2/c1-20(2)16(24)22-8-3-6-17(12-22)7-4-15(23)21(11-17)9-5-14-10-18-13-19-14/h10,13H,3-9,11-12H2,1-2H3,(H,18,19)/t17-/m0/s1. The van der Waals surface area contributed by atoms with Gasteiger partial charge in [-0.25, -0.2) is 9.78 Å². The van der Waals surface area contributed by atoms with Gasteiger partial charge in [0.05, 0.1) is 6.33 Å². The molecule has 0 aliphatic carbocycles. The lowest BCUT2D eigenvalue weighted by molar-refractivity contribution is -0.138. The molecule has 1 N–H and O–H groups in total. The third-order valence-corrected chi connectivity index (χ3v) is 5.27. The van der Waals surface area contributed by atoms with Gasteiger partial charge in [-0.05, 0) is 19.3 Å². The normalized spacial score (nSPS) is 24.5. The molecule has 2 aliphatic heterocycles. The van der Waals surface area contributed by atoms with E-state index in [1.165, 1.54) is 0 Å². The molecule has 0 radical (unpaired) electrons. The van der Waals surface area contributed by atoms with E-state index in [0.717, 1.165) is 51.0 Å². The second-order valence-electron chi connectivity index (χ2n) is 7.34. The van der Waals surface area contributed by atoms with E-state index in [1.54, 1.807) is 25.3 Å². The highest BCUT2D eigenvalue weighted by molar-refractivity contribution is 5.77. The summed E-state index contributed by atoms with van der Waals surface area (Å²) in [7, 11) is 3.59. The maximum absolute atomic E-state index is 12.3. The molecule has 24 heavy (non-hydrogen) atoms. The van der Waals surface area contributed by atoms with Crippen molar-refractivity contribution in [3.8, 4) is 0 Å². The number of piperidine rings is 2. The van der Waals surface area contributed by atoms with E-state index in [9.17, 15) is 9.59 Å². The number of rotatable bonds is 3. The molecule has 2 saturated heterocycles. The summed E-state index contributed by atoms with van der Waals surface area (Å²) in [6.45, 7) is 3.06. The third kappa shape index (κ3) is 3.55. The van der Waals surface area contributed by atoms with Crippen LogP contribution in [0, 0.1) is 5.41 Å². The number of carbonyl (C=O) groups is 2. The van der Waals surface area contributed by atoms with Gasteiger partial charge in [-0.2, -0.15) is 0 Å². The Morgan fingerprint density at radius 3 is 2.92 bits per heavy atom. The van der Waals surface area contributed by atoms with E-state index in [0.29, 0.717) is 13.0 Å². The molecule has 7 nitrogen and oxygen atoms in total. The first-order chi connectivity index (χ1) is 11.5. The number of nitrogens with zero attached hydrogens (tertiary/aromatic N) is 4. The van der Waals surface area contributed by atoms with Gasteiger partial charge in [-0.3, -0.25) is 4.79 Å². The fraction of sp³-hybridized carbons (Fsp3) is 0.706. The Kier molecular flexibility index (Phi) is 4.78. The minimum absolute atomic E-state index is 0.0613. The van der Waals surface area contributed by atoms with Crippen LogP contribution in [0.5, 0.6) is 0 Å². The Labute approximate surface area is 143 Å². The van der Waals surface area contributed by atoms with E-state index in [2.05, 4.69) is 9.97 Å². The molecule has 2 aliphatic rings. The van der Waals surface area contributed by atoms with E-state index in [1.807, 2.05) is 16.0 Å². The fourth-order valence-corrected chi connectivity index (χ4v) is 3.97. The van der Waals surface area contributed by atoms with E-state index in [4.69, 9.17) is 0 Å². The minimum atomic E-state index is 0.0613. The zero-order valence-electron chi connectivity index (χ0n) is 14.6.